The third-order valence-electron chi connectivity index (χ3n) is 3.32. The van der Waals surface area contributed by atoms with E-state index in [-0.39, 0.29) is 24.4 Å². The van der Waals surface area contributed by atoms with Gasteiger partial charge in [0.15, 0.2) is 0 Å². The Balaban J connectivity index is 1.87. The molecule has 2 rings (SSSR count). The molecule has 1 fully saturated rings. The van der Waals surface area contributed by atoms with E-state index in [1.165, 1.54) is 0 Å². The molecule has 1 aromatic heterocycles. The molecule has 5 heteroatoms. The van der Waals surface area contributed by atoms with Gasteiger partial charge in [-0.1, -0.05) is 6.07 Å². The summed E-state index contributed by atoms with van der Waals surface area (Å²) in [5.41, 5.74) is 1.91. The monoisotopic (exact) mass is 261 g/mol. The van der Waals surface area contributed by atoms with E-state index >= 15 is 0 Å². The molecule has 1 aliphatic heterocycles. The molecule has 1 saturated heterocycles. The predicted molar refractivity (Wildman–Crippen MR) is 71.3 cm³/mol. The summed E-state index contributed by atoms with van der Waals surface area (Å²) in [5.74, 6) is -0.0527. The van der Waals surface area contributed by atoms with Gasteiger partial charge in [-0.3, -0.25) is 14.6 Å². The lowest BCUT2D eigenvalue weighted by atomic mass is 10.1. The minimum absolute atomic E-state index is 0.0693. The Labute approximate surface area is 113 Å². The average molecular weight is 261 g/mol. The molecule has 5 nitrogen and oxygen atoms in total. The first-order valence-corrected chi connectivity index (χ1v) is 6.56. The van der Waals surface area contributed by atoms with Gasteiger partial charge in [-0.05, 0) is 31.9 Å². The molecule has 0 aromatic carbocycles. The molecule has 19 heavy (non-hydrogen) atoms. The highest BCUT2D eigenvalue weighted by Crippen LogP contribution is 2.12. The molecule has 2 heterocycles. The number of nitrogens with one attached hydrogen (secondary N) is 1. The van der Waals surface area contributed by atoms with Crippen molar-refractivity contribution in [2.24, 2.45) is 0 Å². The van der Waals surface area contributed by atoms with Gasteiger partial charge in [0.1, 0.15) is 0 Å². The van der Waals surface area contributed by atoms with Gasteiger partial charge in [0.2, 0.25) is 11.8 Å². The first-order chi connectivity index (χ1) is 9.06. The SMILES string of the molecule is Cc1ccc([C@H](C)NC(=O)CN2CCCC2=O)cn1. The second-order valence-electron chi connectivity index (χ2n) is 4.94. The first kappa shape index (κ1) is 13.5. The van der Waals surface area contributed by atoms with E-state index in [2.05, 4.69) is 10.3 Å². The Hall–Kier alpha value is -1.91. The van der Waals surface area contributed by atoms with E-state index in [0.717, 1.165) is 17.7 Å². The van der Waals surface area contributed by atoms with Gasteiger partial charge in [-0.15, -0.1) is 0 Å². The predicted octanol–water partition coefficient (Wildman–Crippen LogP) is 1.19. The standard InChI is InChI=1S/C14H19N3O2/c1-10-5-6-12(8-15-10)11(2)16-13(18)9-17-7-3-4-14(17)19/h5-6,8,11H,3-4,7,9H2,1-2H3,(H,16,18)/t11-/m0/s1. The summed E-state index contributed by atoms with van der Waals surface area (Å²) in [6.07, 6.45) is 3.18. The van der Waals surface area contributed by atoms with E-state index in [4.69, 9.17) is 0 Å². The van der Waals surface area contributed by atoms with Crippen LogP contribution in [-0.2, 0) is 9.59 Å². The number of likely N-dealkylation sites (tertiary alicyclic amines) is 1. The average Bonchev–Trinajstić information content (AvgIpc) is 2.75. The van der Waals surface area contributed by atoms with Crippen molar-refractivity contribution in [3.63, 3.8) is 0 Å². The summed E-state index contributed by atoms with van der Waals surface area (Å²) < 4.78 is 0. The number of amides is 2. The molecule has 1 aliphatic rings. The molecule has 0 unspecified atom stereocenters. The van der Waals surface area contributed by atoms with Crippen molar-refractivity contribution in [1.82, 2.24) is 15.2 Å². The highest BCUT2D eigenvalue weighted by atomic mass is 16.2. The molecule has 0 radical (unpaired) electrons. The maximum absolute atomic E-state index is 11.9. The number of rotatable bonds is 4. The van der Waals surface area contributed by atoms with Crippen molar-refractivity contribution < 1.29 is 9.59 Å². The number of aryl methyl sites for hydroxylation is 1. The molecule has 0 bridgehead atoms. The second-order valence-corrected chi connectivity index (χ2v) is 4.94. The zero-order chi connectivity index (χ0) is 13.8. The summed E-state index contributed by atoms with van der Waals surface area (Å²) >= 11 is 0. The summed E-state index contributed by atoms with van der Waals surface area (Å²) in [7, 11) is 0. The summed E-state index contributed by atoms with van der Waals surface area (Å²) in [4.78, 5) is 29.1. The summed E-state index contributed by atoms with van der Waals surface area (Å²) in [5, 5.41) is 2.89. The van der Waals surface area contributed by atoms with Gasteiger partial charge in [-0.25, -0.2) is 0 Å². The van der Waals surface area contributed by atoms with Gasteiger partial charge in [0, 0.05) is 24.9 Å². The van der Waals surface area contributed by atoms with Gasteiger partial charge in [-0.2, -0.15) is 0 Å². The normalized spacial score (nSPS) is 16.5. The Morgan fingerprint density at radius 1 is 1.53 bits per heavy atom. The molecule has 1 atom stereocenters. The van der Waals surface area contributed by atoms with Crippen molar-refractivity contribution in [2.45, 2.75) is 32.7 Å². The van der Waals surface area contributed by atoms with Crippen LogP contribution in [0.2, 0.25) is 0 Å². The van der Waals surface area contributed by atoms with Crippen LogP contribution in [0, 0.1) is 6.92 Å². The number of pyridine rings is 1. The van der Waals surface area contributed by atoms with Crippen molar-refractivity contribution >= 4 is 11.8 Å². The molecule has 0 saturated carbocycles. The van der Waals surface area contributed by atoms with Crippen LogP contribution in [0.3, 0.4) is 0 Å². The molecular formula is C14H19N3O2. The fourth-order valence-electron chi connectivity index (χ4n) is 2.15. The van der Waals surface area contributed by atoms with Crippen LogP contribution in [0.25, 0.3) is 0 Å². The lowest BCUT2D eigenvalue weighted by molar-refractivity contribution is -0.133. The number of carbonyl (C=O) groups is 2. The van der Waals surface area contributed by atoms with Crippen LogP contribution < -0.4 is 5.32 Å². The fraction of sp³-hybridized carbons (Fsp3) is 0.500. The van der Waals surface area contributed by atoms with Crippen molar-refractivity contribution in [1.29, 1.82) is 0 Å². The van der Waals surface area contributed by atoms with Gasteiger partial charge >= 0.3 is 0 Å². The zero-order valence-corrected chi connectivity index (χ0v) is 11.3. The molecule has 1 N–H and O–H groups in total. The summed E-state index contributed by atoms with van der Waals surface area (Å²) in [6.45, 7) is 4.68. The van der Waals surface area contributed by atoms with Crippen LogP contribution in [0.15, 0.2) is 18.3 Å². The number of aromatic nitrogens is 1. The number of hydrogen-bond donors (Lipinski definition) is 1. The lowest BCUT2D eigenvalue weighted by Gasteiger charge is -2.18. The van der Waals surface area contributed by atoms with Gasteiger partial charge < -0.3 is 10.2 Å². The van der Waals surface area contributed by atoms with Crippen LogP contribution in [0.5, 0.6) is 0 Å². The van der Waals surface area contributed by atoms with Gasteiger partial charge in [0.05, 0.1) is 12.6 Å². The zero-order valence-electron chi connectivity index (χ0n) is 11.3. The third-order valence-corrected chi connectivity index (χ3v) is 3.32. The molecule has 0 aliphatic carbocycles. The fourth-order valence-corrected chi connectivity index (χ4v) is 2.15. The number of nitrogens with zero attached hydrogens (tertiary/aromatic N) is 2. The van der Waals surface area contributed by atoms with Crippen LogP contribution in [-0.4, -0.2) is 34.8 Å². The largest absolute Gasteiger partial charge is 0.348 e. The van der Waals surface area contributed by atoms with Crippen molar-refractivity contribution in [2.75, 3.05) is 13.1 Å². The summed E-state index contributed by atoms with van der Waals surface area (Å²) in [6, 6.07) is 3.77. The Bertz CT molecular complexity index is 470. The third kappa shape index (κ3) is 3.53. The first-order valence-electron chi connectivity index (χ1n) is 6.56. The Morgan fingerprint density at radius 2 is 2.32 bits per heavy atom. The van der Waals surface area contributed by atoms with Crippen LogP contribution in [0.1, 0.15) is 37.1 Å². The molecule has 0 spiro atoms. The van der Waals surface area contributed by atoms with E-state index in [1.807, 2.05) is 26.0 Å². The minimum atomic E-state index is -0.122. The Kier molecular flexibility index (Phi) is 4.14. The van der Waals surface area contributed by atoms with Crippen molar-refractivity contribution in [3.05, 3.63) is 29.6 Å². The second kappa shape index (κ2) is 5.82. The minimum Gasteiger partial charge on any atom is -0.348 e. The number of hydrogen-bond acceptors (Lipinski definition) is 3. The van der Waals surface area contributed by atoms with E-state index in [0.29, 0.717) is 13.0 Å². The van der Waals surface area contributed by atoms with E-state index in [1.54, 1.807) is 11.1 Å². The molecule has 1 aromatic rings. The maximum Gasteiger partial charge on any atom is 0.240 e. The smallest absolute Gasteiger partial charge is 0.240 e. The topological polar surface area (TPSA) is 62.3 Å². The molecular weight excluding hydrogens is 242 g/mol. The van der Waals surface area contributed by atoms with Gasteiger partial charge in [0.25, 0.3) is 0 Å². The quantitative estimate of drug-likeness (QED) is 0.885. The number of carbonyl (C=O) groups excluding carboxylic acids is 2. The van der Waals surface area contributed by atoms with E-state index in [9.17, 15) is 9.59 Å². The lowest BCUT2D eigenvalue weighted by Crippen LogP contribution is -2.38. The molecule has 2 amide bonds. The Morgan fingerprint density at radius 3 is 2.89 bits per heavy atom. The van der Waals surface area contributed by atoms with Crippen molar-refractivity contribution in [3.8, 4) is 0 Å². The molecule has 102 valence electrons. The maximum atomic E-state index is 11.9. The highest BCUT2D eigenvalue weighted by Gasteiger charge is 2.22. The van der Waals surface area contributed by atoms with Crippen LogP contribution >= 0.6 is 0 Å². The highest BCUT2D eigenvalue weighted by molar-refractivity contribution is 5.86. The van der Waals surface area contributed by atoms with E-state index < -0.39 is 0 Å². The van der Waals surface area contributed by atoms with Crippen LogP contribution in [0.4, 0.5) is 0 Å².